The van der Waals surface area contributed by atoms with Crippen molar-refractivity contribution in [3.63, 3.8) is 0 Å². The third kappa shape index (κ3) is 13.1. The maximum atomic E-state index is 13.3. The molecule has 10 heterocycles. The molecule has 400 valence electrons. The third-order valence-electron chi connectivity index (χ3n) is 14.1. The Morgan fingerprint density at radius 1 is 0.627 bits per heavy atom. The lowest BCUT2D eigenvalue weighted by Crippen LogP contribution is -2.49. The number of aryl methyl sites for hydroxylation is 2. The van der Waals surface area contributed by atoms with Crippen LogP contribution in [-0.2, 0) is 30.9 Å². The van der Waals surface area contributed by atoms with E-state index in [0.29, 0.717) is 88.2 Å². The molecule has 1 amide bonds. The molecular weight excluding hydrogens is 961 g/mol. The molecule has 20 nitrogen and oxygen atoms in total. The van der Waals surface area contributed by atoms with E-state index < -0.39 is 5.60 Å². The van der Waals surface area contributed by atoms with E-state index in [-0.39, 0.29) is 23.3 Å². The van der Waals surface area contributed by atoms with E-state index in [1.165, 1.54) is 0 Å². The summed E-state index contributed by atoms with van der Waals surface area (Å²) in [6.07, 6.45) is 10.1. The van der Waals surface area contributed by atoms with Gasteiger partial charge in [0.25, 0.3) is 11.1 Å². The maximum Gasteiger partial charge on any atom is 0.410 e. The second-order valence-corrected chi connectivity index (χ2v) is 20.4. The first-order chi connectivity index (χ1) is 36.2. The van der Waals surface area contributed by atoms with Crippen LogP contribution in [0.3, 0.4) is 0 Å². The normalized spacial score (nSPS) is 16.3. The number of piperidine rings is 2. The predicted molar refractivity (Wildman–Crippen MR) is 283 cm³/mol. The molecule has 0 unspecified atom stereocenters. The Morgan fingerprint density at radius 3 is 1.59 bits per heavy atom. The number of rotatable bonds is 14. The first-order valence-corrected chi connectivity index (χ1v) is 26.0. The van der Waals surface area contributed by atoms with E-state index in [0.717, 1.165) is 114 Å². The summed E-state index contributed by atoms with van der Waals surface area (Å²) in [5, 5.41) is 3.63. The van der Waals surface area contributed by atoms with Crippen LogP contribution in [-0.4, -0.2) is 147 Å². The number of hydrogen-bond acceptors (Lipinski definition) is 17. The molecular formula is C55H70N10O10. The summed E-state index contributed by atoms with van der Waals surface area (Å²) >= 11 is 0. The molecule has 4 aliphatic rings. The zero-order valence-corrected chi connectivity index (χ0v) is 44.3. The number of carbonyl (C=O) groups is 1. The first kappa shape index (κ1) is 52.8. The van der Waals surface area contributed by atoms with Gasteiger partial charge in [-0.3, -0.25) is 34.4 Å². The monoisotopic (exact) mass is 1030 g/mol. The molecule has 2 fully saturated rings. The van der Waals surface area contributed by atoms with Crippen molar-refractivity contribution in [2.75, 3.05) is 79.9 Å². The van der Waals surface area contributed by atoms with Gasteiger partial charge in [-0.1, -0.05) is 0 Å². The van der Waals surface area contributed by atoms with Gasteiger partial charge >= 0.3 is 6.09 Å². The third-order valence-corrected chi connectivity index (χ3v) is 14.1. The number of ether oxygens (including phenoxy) is 7. The Balaban J connectivity index is 0.000000187. The predicted octanol–water partition coefficient (Wildman–Crippen LogP) is 5.92. The van der Waals surface area contributed by atoms with Crippen LogP contribution in [0.25, 0.3) is 22.1 Å². The van der Waals surface area contributed by atoms with Gasteiger partial charge in [0.15, 0.2) is 23.0 Å². The van der Waals surface area contributed by atoms with Gasteiger partial charge in [0.2, 0.25) is 0 Å². The van der Waals surface area contributed by atoms with Crippen molar-refractivity contribution < 1.29 is 38.0 Å². The summed E-state index contributed by atoms with van der Waals surface area (Å²) < 4.78 is 42.6. The SMILES string of the molecule is COc1cnc2c(C)cc(=O)n(CCN3CCC(N(Cc4cc5c(cn4)OCCO5)C(=O)OC(C)(C)C)CC3)c2c1.COc1cnc2c(C)cc(=O)n(CCN3CCC(NCc4cc5c(cn4)OCCO5)CC3)c2c1. The molecule has 0 atom stereocenters. The molecule has 75 heavy (non-hydrogen) atoms. The fraction of sp³-hybridized carbons (Fsp3) is 0.509. The van der Waals surface area contributed by atoms with Crippen LogP contribution in [0.2, 0.25) is 0 Å². The van der Waals surface area contributed by atoms with Crippen LogP contribution in [0.1, 0.15) is 69.0 Å². The van der Waals surface area contributed by atoms with Gasteiger partial charge in [0, 0.05) is 94.3 Å². The molecule has 2 saturated heterocycles. The highest BCUT2D eigenvalue weighted by molar-refractivity contribution is 5.80. The van der Waals surface area contributed by atoms with Crippen LogP contribution in [0.4, 0.5) is 4.79 Å². The Hall–Kier alpha value is -7.03. The number of likely N-dealkylation sites (tertiary alicyclic amines) is 2. The second kappa shape index (κ2) is 23.7. The maximum absolute atomic E-state index is 13.3. The van der Waals surface area contributed by atoms with Gasteiger partial charge in [0.1, 0.15) is 43.5 Å². The molecule has 10 rings (SSSR count). The standard InChI is InChI=1S/C30H39N5O6.C25H31N5O4/c1-20-14-27(36)34(24-16-23(38-5)17-32-28(20)24)11-10-33-8-6-22(7-9-33)35(29(37)41-30(2,3)4)19-21-15-25-26(18-31-21)40-13-12-39-25;1-17-11-24(31)30(21-13-20(32-2)15-28-25(17)21)8-7-29-5-3-18(4-6-29)26-14-19-12-22-23(16-27-19)34-10-9-33-22/h14-18,22H,6-13,19H2,1-5H3;11-13,15-16,18,26H,3-10,14H2,1-2H3. The van der Waals surface area contributed by atoms with Gasteiger partial charge in [-0.15, -0.1) is 0 Å². The van der Waals surface area contributed by atoms with Crippen LogP contribution >= 0.6 is 0 Å². The molecule has 0 aromatic carbocycles. The zero-order chi connectivity index (χ0) is 52.6. The number of aromatic nitrogens is 6. The van der Waals surface area contributed by atoms with Gasteiger partial charge in [-0.2, -0.15) is 0 Å². The van der Waals surface area contributed by atoms with Gasteiger partial charge in [-0.05, 0) is 84.5 Å². The van der Waals surface area contributed by atoms with Crippen molar-refractivity contribution >= 4 is 28.2 Å². The number of nitrogens with one attached hydrogen (secondary N) is 1. The number of amides is 1. The van der Waals surface area contributed by atoms with Gasteiger partial charge in [0.05, 0.1) is 79.0 Å². The average molecular weight is 1030 g/mol. The van der Waals surface area contributed by atoms with Gasteiger partial charge < -0.3 is 57.4 Å². The molecule has 0 spiro atoms. The Kier molecular flexibility index (Phi) is 16.7. The minimum atomic E-state index is -0.613. The molecule has 20 heteroatoms. The fourth-order valence-corrected chi connectivity index (χ4v) is 10.0. The van der Waals surface area contributed by atoms with Crippen LogP contribution < -0.4 is 44.9 Å². The molecule has 6 aromatic rings. The van der Waals surface area contributed by atoms with E-state index in [9.17, 15) is 14.4 Å². The van der Waals surface area contributed by atoms with E-state index in [1.54, 1.807) is 60.6 Å². The van der Waals surface area contributed by atoms with Crippen molar-refractivity contribution in [2.24, 2.45) is 0 Å². The van der Waals surface area contributed by atoms with E-state index in [4.69, 9.17) is 33.2 Å². The van der Waals surface area contributed by atoms with Crippen LogP contribution in [0.5, 0.6) is 34.5 Å². The summed E-state index contributed by atoms with van der Waals surface area (Å²) in [7, 11) is 3.21. The fourth-order valence-electron chi connectivity index (χ4n) is 10.0. The number of hydrogen-bond donors (Lipinski definition) is 1. The Labute approximate surface area is 436 Å². The summed E-state index contributed by atoms with van der Waals surface area (Å²) in [5.41, 5.74) is 5.99. The number of nitrogens with zero attached hydrogens (tertiary/aromatic N) is 9. The highest BCUT2D eigenvalue weighted by Crippen LogP contribution is 2.32. The van der Waals surface area contributed by atoms with Crippen LogP contribution in [0, 0.1) is 13.8 Å². The van der Waals surface area contributed by atoms with Crippen molar-refractivity contribution in [1.29, 1.82) is 0 Å². The average Bonchev–Trinajstić information content (AvgIpc) is 3.42. The molecule has 0 aliphatic carbocycles. The lowest BCUT2D eigenvalue weighted by atomic mass is 10.0. The van der Waals surface area contributed by atoms with E-state index in [1.807, 2.05) is 63.5 Å². The number of carbonyl (C=O) groups excluding carboxylic acids is 1. The molecule has 4 aliphatic heterocycles. The number of methoxy groups -OCH3 is 2. The van der Waals surface area contributed by atoms with Crippen molar-refractivity contribution in [2.45, 2.75) is 104 Å². The molecule has 1 N–H and O–H groups in total. The topological polar surface area (TPSA) is 199 Å². The van der Waals surface area contributed by atoms with Gasteiger partial charge in [-0.25, -0.2) is 4.79 Å². The van der Waals surface area contributed by atoms with Crippen molar-refractivity contribution in [3.05, 3.63) is 104 Å². The minimum absolute atomic E-state index is 0.00327. The summed E-state index contributed by atoms with van der Waals surface area (Å²) in [5.74, 6) is 4.04. The summed E-state index contributed by atoms with van der Waals surface area (Å²) in [6.45, 7) is 18.9. The number of fused-ring (bicyclic) bond motifs is 4. The van der Waals surface area contributed by atoms with E-state index >= 15 is 0 Å². The van der Waals surface area contributed by atoms with Crippen molar-refractivity contribution in [3.8, 4) is 34.5 Å². The van der Waals surface area contributed by atoms with Crippen LogP contribution in [0.15, 0.2) is 70.8 Å². The second-order valence-electron chi connectivity index (χ2n) is 20.4. The lowest BCUT2D eigenvalue weighted by Gasteiger charge is -2.39. The minimum Gasteiger partial charge on any atom is -0.495 e. The Bertz CT molecular complexity index is 3090. The summed E-state index contributed by atoms with van der Waals surface area (Å²) in [4.78, 5) is 63.5. The molecule has 0 radical (unpaired) electrons. The lowest BCUT2D eigenvalue weighted by molar-refractivity contribution is 0.00528. The van der Waals surface area contributed by atoms with Crippen molar-refractivity contribution in [1.82, 2.24) is 49.1 Å². The largest absolute Gasteiger partial charge is 0.495 e. The zero-order valence-electron chi connectivity index (χ0n) is 44.3. The first-order valence-electron chi connectivity index (χ1n) is 26.0. The smallest absolute Gasteiger partial charge is 0.410 e. The molecule has 0 saturated carbocycles. The Morgan fingerprint density at radius 2 is 1.09 bits per heavy atom. The highest BCUT2D eigenvalue weighted by Gasteiger charge is 2.32. The summed E-state index contributed by atoms with van der Waals surface area (Å²) in [6, 6.07) is 11.3. The number of pyridine rings is 6. The van der Waals surface area contributed by atoms with E-state index in [2.05, 4.69) is 35.1 Å². The quantitative estimate of drug-likeness (QED) is 0.135. The molecule has 6 aromatic heterocycles. The molecule has 0 bridgehead atoms. The highest BCUT2D eigenvalue weighted by atomic mass is 16.6.